The molecule has 0 aliphatic heterocycles. The van der Waals surface area contributed by atoms with E-state index in [0.717, 1.165) is 5.56 Å². The molecule has 0 spiro atoms. The van der Waals surface area contributed by atoms with Crippen LogP contribution in [-0.4, -0.2) is 40.8 Å². The summed E-state index contributed by atoms with van der Waals surface area (Å²) in [6.45, 7) is 0. The van der Waals surface area contributed by atoms with Gasteiger partial charge in [0.15, 0.2) is 5.78 Å². The molecule has 2 N–H and O–H groups in total. The van der Waals surface area contributed by atoms with E-state index < -0.39 is 23.8 Å². The third-order valence-electron chi connectivity index (χ3n) is 5.07. The van der Waals surface area contributed by atoms with Crippen LogP contribution in [-0.2, 0) is 27.2 Å². The summed E-state index contributed by atoms with van der Waals surface area (Å²) in [7, 11) is 1.26. The van der Waals surface area contributed by atoms with Crippen molar-refractivity contribution < 1.29 is 19.1 Å². The largest absolute Gasteiger partial charge is 0.467 e. The number of ketones is 1. The van der Waals surface area contributed by atoms with Crippen molar-refractivity contribution >= 4 is 29.3 Å². The highest BCUT2D eigenvalue weighted by atomic mass is 35.5. The van der Waals surface area contributed by atoms with Crippen molar-refractivity contribution in [2.75, 3.05) is 7.11 Å². The van der Waals surface area contributed by atoms with Crippen LogP contribution < -0.4 is 5.32 Å². The van der Waals surface area contributed by atoms with E-state index in [1.807, 2.05) is 30.3 Å². The highest BCUT2D eigenvalue weighted by Crippen LogP contribution is 2.18. The lowest BCUT2D eigenvalue weighted by Gasteiger charge is -2.21. The summed E-state index contributed by atoms with van der Waals surface area (Å²) < 4.78 is 4.85. The van der Waals surface area contributed by atoms with Crippen molar-refractivity contribution in [3.63, 3.8) is 0 Å². The Morgan fingerprint density at radius 2 is 1.78 bits per heavy atom. The van der Waals surface area contributed by atoms with E-state index in [2.05, 4.69) is 15.3 Å². The minimum Gasteiger partial charge on any atom is -0.467 e. The molecule has 0 radical (unpaired) electrons. The molecule has 0 bridgehead atoms. The Hall–Kier alpha value is -3.45. The van der Waals surface area contributed by atoms with Crippen LogP contribution in [0.3, 0.4) is 0 Å². The average Bonchev–Trinajstić information content (AvgIpc) is 3.32. The van der Waals surface area contributed by atoms with Crippen molar-refractivity contribution in [1.82, 2.24) is 15.3 Å². The third-order valence-corrected chi connectivity index (χ3v) is 5.33. The van der Waals surface area contributed by atoms with Crippen LogP contribution in [0.15, 0.2) is 67.1 Å². The topological polar surface area (TPSA) is 101 Å². The van der Waals surface area contributed by atoms with E-state index in [9.17, 15) is 14.4 Å². The summed E-state index contributed by atoms with van der Waals surface area (Å²) in [6, 6.07) is 15.1. The first-order valence-electron chi connectivity index (χ1n) is 10.1. The molecular weight excluding hydrogens is 430 g/mol. The van der Waals surface area contributed by atoms with Crippen molar-refractivity contribution in [2.45, 2.75) is 25.3 Å². The lowest BCUT2D eigenvalue weighted by Crippen LogP contribution is -2.46. The van der Waals surface area contributed by atoms with Gasteiger partial charge in [-0.15, -0.1) is 0 Å². The summed E-state index contributed by atoms with van der Waals surface area (Å²) in [4.78, 5) is 45.2. The fourth-order valence-electron chi connectivity index (χ4n) is 3.37. The van der Waals surface area contributed by atoms with Gasteiger partial charge in [0.05, 0.1) is 13.4 Å². The lowest BCUT2D eigenvalue weighted by atomic mass is 9.91. The number of rotatable bonds is 10. The summed E-state index contributed by atoms with van der Waals surface area (Å²) in [5.74, 6) is -1.82. The second kappa shape index (κ2) is 11.2. The molecule has 3 rings (SSSR count). The Morgan fingerprint density at radius 1 is 1.06 bits per heavy atom. The normalized spacial score (nSPS) is 12.6. The number of hydrogen-bond donors (Lipinski definition) is 2. The maximum Gasteiger partial charge on any atom is 0.328 e. The Balaban J connectivity index is 1.78. The van der Waals surface area contributed by atoms with Crippen LogP contribution in [0.25, 0.3) is 0 Å². The zero-order valence-electron chi connectivity index (χ0n) is 17.6. The number of methoxy groups -OCH3 is 1. The lowest BCUT2D eigenvalue weighted by molar-refractivity contribution is -0.145. The van der Waals surface area contributed by atoms with Gasteiger partial charge in [-0.25, -0.2) is 9.78 Å². The van der Waals surface area contributed by atoms with Gasteiger partial charge in [-0.1, -0.05) is 41.9 Å². The van der Waals surface area contributed by atoms with E-state index in [4.69, 9.17) is 16.3 Å². The van der Waals surface area contributed by atoms with Crippen LogP contribution in [0.5, 0.6) is 0 Å². The van der Waals surface area contributed by atoms with Gasteiger partial charge in [-0.3, -0.25) is 9.59 Å². The molecule has 1 unspecified atom stereocenters. The Morgan fingerprint density at radius 3 is 2.41 bits per heavy atom. The number of esters is 1. The zero-order chi connectivity index (χ0) is 22.9. The summed E-state index contributed by atoms with van der Waals surface area (Å²) >= 11 is 5.91. The Bertz CT molecular complexity index is 1040. The van der Waals surface area contributed by atoms with Gasteiger partial charge in [0.25, 0.3) is 0 Å². The van der Waals surface area contributed by atoms with Crippen molar-refractivity contribution in [1.29, 1.82) is 0 Å². The molecule has 0 saturated heterocycles. The van der Waals surface area contributed by atoms with Crippen LogP contribution in [0.2, 0.25) is 5.02 Å². The summed E-state index contributed by atoms with van der Waals surface area (Å²) in [6.07, 6.45) is 3.61. The Labute approximate surface area is 191 Å². The standard InChI is InChI=1S/C24H24ClN3O4/c1-32-24(31)21(13-20-14-26-15-27-20)28-23(30)18(11-16-5-3-2-4-6-16)12-22(29)17-7-9-19(25)10-8-17/h2-10,14-15,18,21H,11-13H2,1H3,(H,26,27)(H,28,30)/t18?,21-/m1/s1. The monoisotopic (exact) mass is 453 g/mol. The number of H-pyrrole nitrogens is 1. The van der Waals surface area contributed by atoms with Crippen LogP contribution in [0, 0.1) is 5.92 Å². The van der Waals surface area contributed by atoms with E-state index in [1.165, 1.54) is 13.4 Å². The number of carbonyl (C=O) groups is 3. The fraction of sp³-hybridized carbons (Fsp3) is 0.250. The summed E-state index contributed by atoms with van der Waals surface area (Å²) in [5, 5.41) is 3.29. The predicted octanol–water partition coefficient (Wildman–Crippen LogP) is 3.40. The first-order chi connectivity index (χ1) is 15.5. The van der Waals surface area contributed by atoms with Gasteiger partial charge < -0.3 is 15.0 Å². The molecule has 1 amide bonds. The predicted molar refractivity (Wildman–Crippen MR) is 120 cm³/mol. The van der Waals surface area contributed by atoms with E-state index in [1.54, 1.807) is 30.5 Å². The molecule has 0 saturated carbocycles. The number of carbonyl (C=O) groups excluding carboxylic acids is 3. The number of nitrogens with zero attached hydrogens (tertiary/aromatic N) is 1. The Kier molecular flexibility index (Phi) is 8.16. The van der Waals surface area contributed by atoms with Gasteiger partial charge in [0, 0.05) is 41.2 Å². The number of halogens is 1. The molecule has 1 aromatic heterocycles. The van der Waals surface area contributed by atoms with Crippen molar-refractivity contribution in [2.24, 2.45) is 5.92 Å². The van der Waals surface area contributed by atoms with E-state index in [0.29, 0.717) is 22.7 Å². The van der Waals surface area contributed by atoms with Crippen LogP contribution in [0.1, 0.15) is 28.0 Å². The van der Waals surface area contributed by atoms with Gasteiger partial charge >= 0.3 is 5.97 Å². The smallest absolute Gasteiger partial charge is 0.328 e. The quantitative estimate of drug-likeness (QED) is 0.362. The number of benzene rings is 2. The highest BCUT2D eigenvalue weighted by Gasteiger charge is 2.28. The fourth-order valence-corrected chi connectivity index (χ4v) is 3.50. The second-order valence-corrected chi connectivity index (χ2v) is 7.82. The van der Waals surface area contributed by atoms with E-state index >= 15 is 0 Å². The third kappa shape index (κ3) is 6.52. The number of aromatic nitrogens is 2. The molecule has 2 aromatic carbocycles. The first-order valence-corrected chi connectivity index (χ1v) is 10.5. The molecule has 0 aliphatic rings. The van der Waals surface area contributed by atoms with Crippen molar-refractivity contribution in [3.05, 3.63) is 89.0 Å². The minimum atomic E-state index is -0.906. The van der Waals surface area contributed by atoms with Gasteiger partial charge in [0.1, 0.15) is 6.04 Å². The molecule has 166 valence electrons. The number of ether oxygens (including phenoxy) is 1. The molecule has 1 heterocycles. The number of amides is 1. The summed E-state index contributed by atoms with van der Waals surface area (Å²) in [5.41, 5.74) is 2.07. The second-order valence-electron chi connectivity index (χ2n) is 7.39. The number of nitrogens with one attached hydrogen (secondary N) is 2. The molecule has 0 aliphatic carbocycles. The zero-order valence-corrected chi connectivity index (χ0v) is 18.3. The number of hydrogen-bond acceptors (Lipinski definition) is 5. The van der Waals surface area contributed by atoms with Gasteiger partial charge in [0.2, 0.25) is 5.91 Å². The minimum absolute atomic E-state index is 0.0136. The molecule has 0 fully saturated rings. The molecule has 3 aromatic rings. The number of imidazole rings is 1. The highest BCUT2D eigenvalue weighted by molar-refractivity contribution is 6.30. The molecule has 8 heteroatoms. The van der Waals surface area contributed by atoms with Gasteiger partial charge in [-0.05, 0) is 36.2 Å². The molecule has 32 heavy (non-hydrogen) atoms. The average molecular weight is 454 g/mol. The molecule has 2 atom stereocenters. The SMILES string of the molecule is COC(=O)[C@@H](Cc1cnc[nH]1)NC(=O)C(CC(=O)c1ccc(Cl)cc1)Cc1ccccc1. The van der Waals surface area contributed by atoms with Gasteiger partial charge in [-0.2, -0.15) is 0 Å². The van der Waals surface area contributed by atoms with Crippen LogP contribution in [0.4, 0.5) is 0 Å². The molecule has 7 nitrogen and oxygen atoms in total. The number of aromatic amines is 1. The maximum atomic E-state index is 13.2. The number of Topliss-reactive ketones (excluding diaryl/α,β-unsaturated/α-hetero) is 1. The first kappa shape index (κ1) is 23.2. The van der Waals surface area contributed by atoms with E-state index in [-0.39, 0.29) is 18.6 Å². The maximum absolute atomic E-state index is 13.2. The van der Waals surface area contributed by atoms with Crippen molar-refractivity contribution in [3.8, 4) is 0 Å². The molecular formula is C24H24ClN3O4. The van der Waals surface area contributed by atoms with Crippen LogP contribution >= 0.6 is 11.6 Å².